The van der Waals surface area contributed by atoms with E-state index in [4.69, 9.17) is 4.99 Å². The van der Waals surface area contributed by atoms with Crippen LogP contribution in [0.5, 0.6) is 0 Å². The molecule has 1 amide bonds. The van der Waals surface area contributed by atoms with Crippen LogP contribution < -0.4 is 5.32 Å². The van der Waals surface area contributed by atoms with E-state index in [0.717, 1.165) is 21.9 Å². The highest BCUT2D eigenvalue weighted by Gasteiger charge is 2.20. The summed E-state index contributed by atoms with van der Waals surface area (Å²) < 4.78 is 13.0. The number of carbonyl (C=O) groups is 1. The Balaban J connectivity index is 1.60. The topological polar surface area (TPSA) is 41.5 Å². The van der Waals surface area contributed by atoms with Gasteiger partial charge < -0.3 is 5.32 Å². The van der Waals surface area contributed by atoms with Crippen molar-refractivity contribution >= 4 is 29.1 Å². The molecule has 0 aromatic heterocycles. The minimum absolute atomic E-state index is 0.177. The Morgan fingerprint density at radius 1 is 1.00 bits per heavy atom. The van der Waals surface area contributed by atoms with Crippen molar-refractivity contribution in [1.29, 1.82) is 0 Å². The molecule has 0 saturated heterocycles. The Morgan fingerprint density at radius 3 is 2.48 bits per heavy atom. The van der Waals surface area contributed by atoms with Gasteiger partial charge >= 0.3 is 0 Å². The Hall–Kier alpha value is -2.92. The van der Waals surface area contributed by atoms with Crippen molar-refractivity contribution < 1.29 is 9.18 Å². The molecular weight excluding hydrogens is 383 g/mol. The van der Waals surface area contributed by atoms with Crippen LogP contribution in [0.15, 0.2) is 69.4 Å². The first-order chi connectivity index (χ1) is 13.9. The van der Waals surface area contributed by atoms with E-state index in [-0.39, 0.29) is 11.7 Å². The molecule has 29 heavy (non-hydrogen) atoms. The molecule has 1 aliphatic heterocycles. The molecule has 0 fully saturated rings. The van der Waals surface area contributed by atoms with E-state index in [9.17, 15) is 9.18 Å². The molecule has 3 aromatic carbocycles. The van der Waals surface area contributed by atoms with Crippen LogP contribution in [0.25, 0.3) is 0 Å². The van der Waals surface area contributed by atoms with Gasteiger partial charge in [0.15, 0.2) is 0 Å². The van der Waals surface area contributed by atoms with Gasteiger partial charge in [-0.2, -0.15) is 0 Å². The van der Waals surface area contributed by atoms with Crippen LogP contribution in [0.2, 0.25) is 0 Å². The molecule has 0 bridgehead atoms. The molecule has 5 heteroatoms. The third-order valence-corrected chi connectivity index (χ3v) is 6.31. The molecule has 3 aromatic rings. The number of benzene rings is 3. The summed E-state index contributed by atoms with van der Waals surface area (Å²) in [6, 6.07) is 16.0. The second-order valence-corrected chi connectivity index (χ2v) is 8.25. The smallest absolute Gasteiger partial charge is 0.251 e. The third-order valence-electron chi connectivity index (χ3n) is 5.01. The first-order valence-corrected chi connectivity index (χ1v) is 10.2. The number of halogens is 1. The van der Waals surface area contributed by atoms with Crippen molar-refractivity contribution in [3.8, 4) is 0 Å². The van der Waals surface area contributed by atoms with E-state index in [1.165, 1.54) is 33.7 Å². The Labute approximate surface area is 174 Å². The van der Waals surface area contributed by atoms with Gasteiger partial charge in [-0.3, -0.25) is 9.79 Å². The van der Waals surface area contributed by atoms with Crippen LogP contribution in [-0.4, -0.2) is 11.6 Å². The predicted octanol–water partition coefficient (Wildman–Crippen LogP) is 5.98. The highest BCUT2D eigenvalue weighted by molar-refractivity contribution is 7.99. The number of rotatable bonds is 3. The maximum atomic E-state index is 13.0. The van der Waals surface area contributed by atoms with Crippen molar-refractivity contribution in [3.05, 3.63) is 88.2 Å². The lowest BCUT2D eigenvalue weighted by Gasteiger charge is -2.12. The monoisotopic (exact) mass is 404 g/mol. The number of aliphatic imine (C=N–C) groups is 1. The van der Waals surface area contributed by atoms with Crippen molar-refractivity contribution in [1.82, 2.24) is 5.32 Å². The summed E-state index contributed by atoms with van der Waals surface area (Å²) in [5.41, 5.74) is 6.76. The van der Waals surface area contributed by atoms with Gasteiger partial charge in [-0.15, -0.1) is 0 Å². The van der Waals surface area contributed by atoms with Gasteiger partial charge in [0.1, 0.15) is 5.82 Å². The fourth-order valence-electron chi connectivity index (χ4n) is 3.43. The van der Waals surface area contributed by atoms with Crippen LogP contribution in [0.3, 0.4) is 0 Å². The summed E-state index contributed by atoms with van der Waals surface area (Å²) in [6.45, 7) is 6.57. The van der Waals surface area contributed by atoms with Gasteiger partial charge in [0.2, 0.25) is 0 Å². The summed E-state index contributed by atoms with van der Waals surface area (Å²) in [5, 5.41) is 2.89. The van der Waals surface area contributed by atoms with E-state index in [1.807, 2.05) is 25.1 Å². The Kier molecular flexibility index (Phi) is 5.24. The zero-order valence-corrected chi connectivity index (χ0v) is 17.4. The quantitative estimate of drug-likeness (QED) is 0.584. The van der Waals surface area contributed by atoms with Crippen LogP contribution in [-0.2, 0) is 6.54 Å². The Bertz CT molecular complexity index is 1140. The molecule has 0 unspecified atom stereocenters. The van der Waals surface area contributed by atoms with Gasteiger partial charge in [0.05, 0.1) is 5.69 Å². The van der Waals surface area contributed by atoms with Gasteiger partial charge in [0.25, 0.3) is 5.91 Å². The number of hydrogen-bond acceptors (Lipinski definition) is 3. The molecule has 3 nitrogen and oxygen atoms in total. The fraction of sp³-hybridized carbons (Fsp3) is 0.167. The molecule has 146 valence electrons. The summed E-state index contributed by atoms with van der Waals surface area (Å²) >= 11 is 1.70. The molecule has 0 saturated carbocycles. The molecule has 1 aliphatic rings. The molecule has 0 atom stereocenters. The second-order valence-electron chi connectivity index (χ2n) is 7.19. The van der Waals surface area contributed by atoms with E-state index < -0.39 is 0 Å². The average molecular weight is 405 g/mol. The molecule has 0 aliphatic carbocycles. The third kappa shape index (κ3) is 3.96. The summed E-state index contributed by atoms with van der Waals surface area (Å²) in [7, 11) is 0. The van der Waals surface area contributed by atoms with E-state index in [2.05, 4.69) is 31.3 Å². The number of fused-ring (bicyclic) bond motifs is 2. The van der Waals surface area contributed by atoms with Gasteiger partial charge in [-0.25, -0.2) is 4.39 Å². The van der Waals surface area contributed by atoms with Crippen LogP contribution in [0, 0.1) is 19.7 Å². The van der Waals surface area contributed by atoms with Gasteiger partial charge in [0, 0.05) is 33.2 Å². The maximum Gasteiger partial charge on any atom is 0.251 e. The Morgan fingerprint density at radius 2 is 1.72 bits per heavy atom. The molecule has 0 radical (unpaired) electrons. The first kappa shape index (κ1) is 19.4. The SMILES string of the molecule is CC1=Nc2cc(C(=O)NCc3ccc(F)cc3)ccc2Sc2c(C)ccc(C)c21. The van der Waals surface area contributed by atoms with Crippen molar-refractivity contribution in [2.24, 2.45) is 4.99 Å². The lowest BCUT2D eigenvalue weighted by Crippen LogP contribution is -2.22. The van der Waals surface area contributed by atoms with Crippen molar-refractivity contribution in [2.45, 2.75) is 37.1 Å². The molecule has 1 heterocycles. The summed E-state index contributed by atoms with van der Waals surface area (Å²) in [5.74, 6) is -0.466. The first-order valence-electron chi connectivity index (χ1n) is 9.43. The number of carbonyl (C=O) groups excluding carboxylic acids is 1. The highest BCUT2D eigenvalue weighted by atomic mass is 32.2. The van der Waals surface area contributed by atoms with Crippen molar-refractivity contribution in [3.63, 3.8) is 0 Å². The van der Waals surface area contributed by atoms with Crippen molar-refractivity contribution in [2.75, 3.05) is 0 Å². The fourth-order valence-corrected chi connectivity index (χ4v) is 4.64. The van der Waals surface area contributed by atoms with Gasteiger partial charge in [-0.05, 0) is 67.8 Å². The van der Waals surface area contributed by atoms with Crippen LogP contribution >= 0.6 is 11.8 Å². The summed E-state index contributed by atoms with van der Waals surface area (Å²) in [4.78, 5) is 19.7. The standard InChI is InChI=1S/C24H21FN2OS/c1-14-4-5-15(2)23-22(14)16(3)27-20-12-18(8-11-21(20)29-23)24(28)26-13-17-6-9-19(25)10-7-17/h4-12H,13H2,1-3H3,(H,26,28). The lowest BCUT2D eigenvalue weighted by molar-refractivity contribution is 0.0951. The summed E-state index contributed by atoms with van der Waals surface area (Å²) in [6.07, 6.45) is 0. The minimum Gasteiger partial charge on any atom is -0.348 e. The van der Waals surface area contributed by atoms with E-state index in [0.29, 0.717) is 12.1 Å². The lowest BCUT2D eigenvalue weighted by atomic mass is 10.0. The number of amides is 1. The van der Waals surface area contributed by atoms with Gasteiger partial charge in [-0.1, -0.05) is 36.0 Å². The van der Waals surface area contributed by atoms with E-state index >= 15 is 0 Å². The normalized spacial score (nSPS) is 12.5. The zero-order chi connectivity index (χ0) is 20.5. The molecule has 1 N–H and O–H groups in total. The largest absolute Gasteiger partial charge is 0.348 e. The molecular formula is C24H21FN2OS. The number of nitrogens with zero attached hydrogens (tertiary/aromatic N) is 1. The zero-order valence-electron chi connectivity index (χ0n) is 16.5. The number of hydrogen-bond donors (Lipinski definition) is 1. The minimum atomic E-state index is -0.289. The highest BCUT2D eigenvalue weighted by Crippen LogP contribution is 2.43. The van der Waals surface area contributed by atoms with Crippen LogP contribution in [0.4, 0.5) is 10.1 Å². The number of nitrogens with one attached hydrogen (secondary N) is 1. The van der Waals surface area contributed by atoms with Crippen LogP contribution in [0.1, 0.15) is 39.5 Å². The predicted molar refractivity (Wildman–Crippen MR) is 116 cm³/mol. The number of aryl methyl sites for hydroxylation is 2. The average Bonchev–Trinajstić information content (AvgIpc) is 2.86. The maximum absolute atomic E-state index is 13.0. The molecule has 4 rings (SSSR count). The second kappa shape index (κ2) is 7.84. The molecule has 0 spiro atoms. The van der Waals surface area contributed by atoms with E-state index in [1.54, 1.807) is 23.9 Å².